The van der Waals surface area contributed by atoms with Crippen molar-refractivity contribution in [3.8, 4) is 17.3 Å². The van der Waals surface area contributed by atoms with Gasteiger partial charge in [0.2, 0.25) is 11.8 Å². The Morgan fingerprint density at radius 2 is 1.73 bits per heavy atom. The van der Waals surface area contributed by atoms with E-state index in [1.54, 1.807) is 23.4 Å². The van der Waals surface area contributed by atoms with E-state index in [9.17, 15) is 23.2 Å². The molecule has 1 aromatic carbocycles. The minimum absolute atomic E-state index is 0.0258. The lowest BCUT2D eigenvalue weighted by atomic mass is 9.85. The third kappa shape index (κ3) is 4.07. The highest BCUT2D eigenvalue weighted by Gasteiger charge is 2.39. The van der Waals surface area contributed by atoms with Crippen molar-refractivity contribution in [3.05, 3.63) is 42.1 Å². The van der Waals surface area contributed by atoms with Crippen molar-refractivity contribution in [2.75, 3.05) is 13.1 Å². The molecule has 2 aromatic rings. The van der Waals surface area contributed by atoms with Gasteiger partial charge in [0, 0.05) is 43.5 Å². The monoisotopic (exact) mass is 416 g/mol. The number of hydrogen-bond donors (Lipinski definition) is 0. The Labute approximate surface area is 173 Å². The van der Waals surface area contributed by atoms with Gasteiger partial charge in [0.1, 0.15) is 23.3 Å². The zero-order valence-corrected chi connectivity index (χ0v) is 16.5. The van der Waals surface area contributed by atoms with E-state index in [1.807, 2.05) is 4.57 Å². The summed E-state index contributed by atoms with van der Waals surface area (Å²) in [5.41, 5.74) is 1.61. The molecule has 1 amide bonds. The standard InChI is InChI=1S/C22H23F3N4O/c23-17-3-1-15(2-4-17)20-19(13-26)29(14-27-20)18-7-11-28(12-8-18)21(30)16-5-9-22(24,25)10-6-16/h1-4,14,16,18H,5-12H2. The number of amides is 1. The highest BCUT2D eigenvalue weighted by Crippen LogP contribution is 2.37. The van der Waals surface area contributed by atoms with Crippen molar-refractivity contribution in [2.45, 2.75) is 50.5 Å². The summed E-state index contributed by atoms with van der Waals surface area (Å²) >= 11 is 0. The normalized spacial score (nSPS) is 20.1. The van der Waals surface area contributed by atoms with Crippen LogP contribution in [0.4, 0.5) is 13.2 Å². The second-order valence-corrected chi connectivity index (χ2v) is 8.15. The number of hydrogen-bond acceptors (Lipinski definition) is 3. The molecule has 2 heterocycles. The number of carbonyl (C=O) groups excluding carboxylic acids is 1. The second kappa shape index (κ2) is 8.13. The molecular weight excluding hydrogens is 393 g/mol. The van der Waals surface area contributed by atoms with Crippen molar-refractivity contribution in [2.24, 2.45) is 5.92 Å². The van der Waals surface area contributed by atoms with Crippen LogP contribution in [0.1, 0.15) is 50.3 Å². The van der Waals surface area contributed by atoms with Gasteiger partial charge in [-0.05, 0) is 49.9 Å². The predicted molar refractivity (Wildman–Crippen MR) is 104 cm³/mol. The molecule has 2 fully saturated rings. The smallest absolute Gasteiger partial charge is 0.248 e. The van der Waals surface area contributed by atoms with Crippen LogP contribution in [0.15, 0.2) is 30.6 Å². The quantitative estimate of drug-likeness (QED) is 0.738. The topological polar surface area (TPSA) is 61.9 Å². The van der Waals surface area contributed by atoms with E-state index in [2.05, 4.69) is 11.1 Å². The summed E-state index contributed by atoms with van der Waals surface area (Å²) < 4.78 is 41.7. The first kappa shape index (κ1) is 20.5. The number of benzene rings is 1. The van der Waals surface area contributed by atoms with Crippen LogP contribution in [-0.4, -0.2) is 39.4 Å². The van der Waals surface area contributed by atoms with Gasteiger partial charge in [0.05, 0.1) is 6.33 Å². The average Bonchev–Trinajstić information content (AvgIpc) is 3.18. The Hall–Kier alpha value is -2.82. The van der Waals surface area contributed by atoms with Crippen LogP contribution < -0.4 is 0 Å². The van der Waals surface area contributed by atoms with Gasteiger partial charge in [0.25, 0.3) is 0 Å². The Morgan fingerprint density at radius 1 is 1.10 bits per heavy atom. The van der Waals surface area contributed by atoms with Crippen LogP contribution in [0.5, 0.6) is 0 Å². The van der Waals surface area contributed by atoms with Crippen LogP contribution in [0, 0.1) is 23.1 Å². The molecule has 0 spiro atoms. The van der Waals surface area contributed by atoms with E-state index in [1.165, 1.54) is 12.1 Å². The fraction of sp³-hybridized carbons (Fsp3) is 0.500. The molecule has 8 heteroatoms. The van der Waals surface area contributed by atoms with Crippen LogP contribution >= 0.6 is 0 Å². The largest absolute Gasteiger partial charge is 0.342 e. The molecule has 30 heavy (non-hydrogen) atoms. The van der Waals surface area contributed by atoms with E-state index in [0.717, 1.165) is 0 Å². The van der Waals surface area contributed by atoms with Gasteiger partial charge in [-0.2, -0.15) is 5.26 Å². The third-order valence-corrected chi connectivity index (χ3v) is 6.25. The van der Waals surface area contributed by atoms with Gasteiger partial charge < -0.3 is 9.47 Å². The summed E-state index contributed by atoms with van der Waals surface area (Å²) in [5, 5.41) is 9.68. The Balaban J connectivity index is 1.42. The van der Waals surface area contributed by atoms with Gasteiger partial charge in [-0.15, -0.1) is 0 Å². The lowest BCUT2D eigenvalue weighted by Crippen LogP contribution is -2.43. The summed E-state index contributed by atoms with van der Waals surface area (Å²) in [7, 11) is 0. The molecule has 2 aliphatic rings. The van der Waals surface area contributed by atoms with Crippen molar-refractivity contribution >= 4 is 5.91 Å². The number of rotatable bonds is 3. The summed E-state index contributed by atoms with van der Waals surface area (Å²) in [5.74, 6) is -3.33. The van der Waals surface area contributed by atoms with Crippen molar-refractivity contribution in [1.82, 2.24) is 14.5 Å². The number of aromatic nitrogens is 2. The summed E-state index contributed by atoms with van der Waals surface area (Å²) in [6.07, 6.45) is 3.02. The first-order chi connectivity index (χ1) is 14.4. The van der Waals surface area contributed by atoms with E-state index >= 15 is 0 Å². The van der Waals surface area contributed by atoms with Gasteiger partial charge in [-0.25, -0.2) is 18.2 Å². The van der Waals surface area contributed by atoms with Crippen LogP contribution in [0.2, 0.25) is 0 Å². The molecule has 1 aromatic heterocycles. The van der Waals surface area contributed by atoms with Crippen molar-refractivity contribution in [1.29, 1.82) is 5.26 Å². The molecule has 158 valence electrons. The first-order valence-electron chi connectivity index (χ1n) is 10.3. The fourth-order valence-corrected chi connectivity index (χ4v) is 4.48. The molecule has 0 N–H and O–H groups in total. The zero-order valence-electron chi connectivity index (χ0n) is 16.5. The highest BCUT2D eigenvalue weighted by atomic mass is 19.3. The number of carbonyl (C=O) groups is 1. The Bertz CT molecular complexity index is 946. The van der Waals surface area contributed by atoms with E-state index in [0.29, 0.717) is 42.9 Å². The lowest BCUT2D eigenvalue weighted by molar-refractivity contribution is -0.141. The first-order valence-corrected chi connectivity index (χ1v) is 10.3. The van der Waals surface area contributed by atoms with E-state index in [4.69, 9.17) is 0 Å². The van der Waals surface area contributed by atoms with E-state index in [-0.39, 0.29) is 49.4 Å². The molecular formula is C22H23F3N4O. The molecule has 1 saturated heterocycles. The zero-order chi connectivity index (χ0) is 21.3. The lowest BCUT2D eigenvalue weighted by Gasteiger charge is -2.36. The maximum absolute atomic E-state index is 13.4. The van der Waals surface area contributed by atoms with Gasteiger partial charge in [-0.3, -0.25) is 4.79 Å². The SMILES string of the molecule is N#Cc1c(-c2ccc(F)cc2)ncn1C1CCN(C(=O)C2CCC(F)(F)CC2)CC1. The number of piperidine rings is 1. The number of halogens is 3. The number of likely N-dealkylation sites (tertiary alicyclic amines) is 1. The Kier molecular flexibility index (Phi) is 5.54. The molecule has 4 rings (SSSR count). The molecule has 1 aliphatic heterocycles. The number of alkyl halides is 2. The maximum Gasteiger partial charge on any atom is 0.248 e. The summed E-state index contributed by atoms with van der Waals surface area (Å²) in [6.45, 7) is 1.07. The molecule has 1 aliphatic carbocycles. The molecule has 0 bridgehead atoms. The molecule has 0 unspecified atom stereocenters. The maximum atomic E-state index is 13.4. The van der Waals surface area contributed by atoms with Gasteiger partial charge >= 0.3 is 0 Å². The van der Waals surface area contributed by atoms with Crippen LogP contribution in [0.25, 0.3) is 11.3 Å². The summed E-state index contributed by atoms with van der Waals surface area (Å²) in [6, 6.07) is 8.09. The number of nitriles is 1. The predicted octanol–water partition coefficient (Wildman–Crippen LogP) is 4.55. The molecule has 0 atom stereocenters. The Morgan fingerprint density at radius 3 is 2.33 bits per heavy atom. The van der Waals surface area contributed by atoms with Gasteiger partial charge in [0.15, 0.2) is 0 Å². The molecule has 0 radical (unpaired) electrons. The second-order valence-electron chi connectivity index (χ2n) is 8.15. The minimum Gasteiger partial charge on any atom is -0.342 e. The summed E-state index contributed by atoms with van der Waals surface area (Å²) in [4.78, 5) is 18.9. The average molecular weight is 416 g/mol. The van der Waals surface area contributed by atoms with Gasteiger partial charge in [-0.1, -0.05) is 0 Å². The minimum atomic E-state index is -2.64. The van der Waals surface area contributed by atoms with Crippen LogP contribution in [0.3, 0.4) is 0 Å². The fourth-order valence-electron chi connectivity index (χ4n) is 4.48. The van der Waals surface area contributed by atoms with Crippen LogP contribution in [-0.2, 0) is 4.79 Å². The van der Waals surface area contributed by atoms with Crippen molar-refractivity contribution < 1.29 is 18.0 Å². The number of imidazole rings is 1. The molecule has 5 nitrogen and oxygen atoms in total. The molecule has 1 saturated carbocycles. The third-order valence-electron chi connectivity index (χ3n) is 6.25. The highest BCUT2D eigenvalue weighted by molar-refractivity contribution is 5.79. The number of nitrogens with zero attached hydrogens (tertiary/aromatic N) is 4. The van der Waals surface area contributed by atoms with E-state index < -0.39 is 5.92 Å². The van der Waals surface area contributed by atoms with Crippen molar-refractivity contribution in [3.63, 3.8) is 0 Å².